The second-order valence-electron chi connectivity index (χ2n) is 8.65. The molecule has 1 N–H and O–H groups in total. The van der Waals surface area contributed by atoms with Crippen LogP contribution in [0.15, 0.2) is 42.5 Å². The van der Waals surface area contributed by atoms with E-state index in [4.69, 9.17) is 5.26 Å². The Hall–Kier alpha value is -3.66. The molecule has 32 heavy (non-hydrogen) atoms. The van der Waals surface area contributed by atoms with Crippen molar-refractivity contribution in [3.63, 3.8) is 0 Å². The molecular weight excluding hydrogens is 404 g/mol. The van der Waals surface area contributed by atoms with E-state index in [1.165, 1.54) is 10.5 Å². The number of carbonyl (C=O) groups excluding carboxylic acids is 3. The SMILES string of the molecule is Cc1cc(C)cc(N(CCC#N)C(=O)CN2C(=O)NC3(CCc4ccccc4C3)C2=O)c1. The minimum absolute atomic E-state index is 0.152. The number of aryl methyl sites for hydroxylation is 3. The van der Waals surface area contributed by atoms with Gasteiger partial charge in [-0.05, 0) is 61.1 Å². The molecule has 1 fully saturated rings. The minimum Gasteiger partial charge on any atom is -0.323 e. The van der Waals surface area contributed by atoms with Crippen LogP contribution in [0, 0.1) is 25.2 Å². The van der Waals surface area contributed by atoms with Crippen LogP contribution in [0.3, 0.4) is 0 Å². The number of hydrogen-bond acceptors (Lipinski definition) is 4. The monoisotopic (exact) mass is 430 g/mol. The molecule has 7 nitrogen and oxygen atoms in total. The average Bonchev–Trinajstić information content (AvgIpc) is 2.97. The molecule has 1 aliphatic carbocycles. The Morgan fingerprint density at radius 2 is 1.84 bits per heavy atom. The number of imide groups is 1. The van der Waals surface area contributed by atoms with Crippen LogP contribution in [0.2, 0.25) is 0 Å². The molecule has 1 saturated heterocycles. The summed E-state index contributed by atoms with van der Waals surface area (Å²) in [7, 11) is 0. The van der Waals surface area contributed by atoms with Gasteiger partial charge >= 0.3 is 6.03 Å². The third-order valence-electron chi connectivity index (χ3n) is 6.24. The van der Waals surface area contributed by atoms with Crippen LogP contribution in [-0.2, 0) is 22.4 Å². The molecule has 7 heteroatoms. The predicted octanol–water partition coefficient (Wildman–Crippen LogP) is 3.03. The minimum atomic E-state index is -0.997. The molecule has 0 aromatic heterocycles. The highest BCUT2D eigenvalue weighted by Crippen LogP contribution is 2.33. The number of nitrogens with one attached hydrogen (secondary N) is 1. The fourth-order valence-corrected chi connectivity index (χ4v) is 4.73. The first-order valence-corrected chi connectivity index (χ1v) is 10.8. The van der Waals surface area contributed by atoms with Crippen LogP contribution in [0.5, 0.6) is 0 Å². The van der Waals surface area contributed by atoms with Gasteiger partial charge in [0.2, 0.25) is 5.91 Å². The van der Waals surface area contributed by atoms with Gasteiger partial charge in [0.25, 0.3) is 5.91 Å². The van der Waals surface area contributed by atoms with Crippen LogP contribution in [0.1, 0.15) is 35.1 Å². The molecule has 4 rings (SSSR count). The van der Waals surface area contributed by atoms with Crippen molar-refractivity contribution in [1.82, 2.24) is 10.2 Å². The zero-order valence-electron chi connectivity index (χ0n) is 18.4. The molecule has 1 unspecified atom stereocenters. The predicted molar refractivity (Wildman–Crippen MR) is 120 cm³/mol. The lowest BCUT2D eigenvalue weighted by atomic mass is 9.78. The van der Waals surface area contributed by atoms with E-state index in [1.54, 1.807) is 0 Å². The Balaban J connectivity index is 1.56. The summed E-state index contributed by atoms with van der Waals surface area (Å²) in [6.07, 6.45) is 1.78. The zero-order chi connectivity index (χ0) is 22.9. The van der Waals surface area contributed by atoms with E-state index in [-0.39, 0.29) is 31.3 Å². The zero-order valence-corrected chi connectivity index (χ0v) is 18.4. The second-order valence-corrected chi connectivity index (χ2v) is 8.65. The highest BCUT2D eigenvalue weighted by Gasteiger charge is 2.52. The third kappa shape index (κ3) is 3.96. The lowest BCUT2D eigenvalue weighted by molar-refractivity contribution is -0.134. The van der Waals surface area contributed by atoms with Gasteiger partial charge in [0.15, 0.2) is 0 Å². The number of nitrogens with zero attached hydrogens (tertiary/aromatic N) is 3. The Morgan fingerprint density at radius 3 is 2.53 bits per heavy atom. The van der Waals surface area contributed by atoms with Crippen LogP contribution >= 0.6 is 0 Å². The van der Waals surface area contributed by atoms with Crippen molar-refractivity contribution < 1.29 is 14.4 Å². The molecule has 0 bridgehead atoms. The van der Waals surface area contributed by atoms with Crippen molar-refractivity contribution in [3.05, 3.63) is 64.7 Å². The first-order valence-electron chi connectivity index (χ1n) is 10.8. The standard InChI is InChI=1S/C25H26N4O3/c1-17-12-18(2)14-21(13-17)28(11-5-10-26)22(30)16-29-23(31)25(27-24(29)32)9-8-19-6-3-4-7-20(19)15-25/h3-4,6-7,12-14H,5,8-9,11,15-16H2,1-2H3,(H,27,32). The van der Waals surface area contributed by atoms with Gasteiger partial charge in [-0.1, -0.05) is 30.3 Å². The first kappa shape index (κ1) is 21.6. The number of amides is 4. The lowest BCUT2D eigenvalue weighted by Gasteiger charge is -2.32. The van der Waals surface area contributed by atoms with Crippen molar-refractivity contribution in [3.8, 4) is 6.07 Å². The van der Waals surface area contributed by atoms with Crippen molar-refractivity contribution >= 4 is 23.5 Å². The molecule has 2 aliphatic rings. The number of carbonyl (C=O) groups is 3. The molecule has 2 aromatic rings. The molecule has 1 heterocycles. The van der Waals surface area contributed by atoms with E-state index in [1.807, 2.05) is 56.3 Å². The maximum absolute atomic E-state index is 13.3. The Kier molecular flexibility index (Phi) is 5.70. The molecular formula is C25H26N4O3. The fraction of sp³-hybridized carbons (Fsp3) is 0.360. The summed E-state index contributed by atoms with van der Waals surface area (Å²) in [5.41, 5.74) is 3.88. The third-order valence-corrected chi connectivity index (χ3v) is 6.24. The molecule has 2 aromatic carbocycles. The topological polar surface area (TPSA) is 93.5 Å². The van der Waals surface area contributed by atoms with Gasteiger partial charge < -0.3 is 10.2 Å². The molecule has 1 spiro atoms. The Bertz CT molecular complexity index is 1120. The Morgan fingerprint density at radius 1 is 1.16 bits per heavy atom. The molecule has 0 saturated carbocycles. The van der Waals surface area contributed by atoms with Crippen LogP contribution < -0.4 is 10.2 Å². The highest BCUT2D eigenvalue weighted by molar-refractivity contribution is 6.10. The van der Waals surface area contributed by atoms with Crippen LogP contribution in [-0.4, -0.2) is 41.4 Å². The molecule has 1 atom stereocenters. The fourth-order valence-electron chi connectivity index (χ4n) is 4.73. The molecule has 0 radical (unpaired) electrons. The van der Waals surface area contributed by atoms with E-state index in [0.29, 0.717) is 24.9 Å². The van der Waals surface area contributed by atoms with Crippen molar-refractivity contribution in [1.29, 1.82) is 5.26 Å². The number of hydrogen-bond donors (Lipinski definition) is 1. The summed E-state index contributed by atoms with van der Waals surface area (Å²) < 4.78 is 0. The van der Waals surface area contributed by atoms with Gasteiger partial charge in [0, 0.05) is 18.7 Å². The molecule has 1 aliphatic heterocycles. The van der Waals surface area contributed by atoms with Gasteiger partial charge in [-0.3, -0.25) is 14.5 Å². The molecule has 164 valence electrons. The first-order chi connectivity index (χ1) is 15.3. The van der Waals surface area contributed by atoms with Gasteiger partial charge in [-0.2, -0.15) is 5.26 Å². The summed E-state index contributed by atoms with van der Waals surface area (Å²) in [6.45, 7) is 3.71. The summed E-state index contributed by atoms with van der Waals surface area (Å²) >= 11 is 0. The van der Waals surface area contributed by atoms with Crippen molar-refractivity contribution in [2.24, 2.45) is 0 Å². The molecule has 4 amide bonds. The van der Waals surface area contributed by atoms with Gasteiger partial charge in [-0.15, -0.1) is 0 Å². The van der Waals surface area contributed by atoms with Crippen molar-refractivity contribution in [2.45, 2.75) is 45.1 Å². The quantitative estimate of drug-likeness (QED) is 0.738. The van der Waals surface area contributed by atoms with E-state index < -0.39 is 11.6 Å². The average molecular weight is 431 g/mol. The van der Waals surface area contributed by atoms with E-state index in [2.05, 4.69) is 11.4 Å². The summed E-state index contributed by atoms with van der Waals surface area (Å²) in [4.78, 5) is 41.8. The maximum Gasteiger partial charge on any atom is 0.325 e. The van der Waals surface area contributed by atoms with E-state index >= 15 is 0 Å². The number of anilines is 1. The lowest BCUT2D eigenvalue weighted by Crippen LogP contribution is -2.51. The maximum atomic E-state index is 13.3. The van der Waals surface area contributed by atoms with Crippen molar-refractivity contribution in [2.75, 3.05) is 18.0 Å². The number of benzene rings is 2. The van der Waals surface area contributed by atoms with Crippen LogP contribution in [0.25, 0.3) is 0 Å². The van der Waals surface area contributed by atoms with E-state index in [9.17, 15) is 14.4 Å². The smallest absolute Gasteiger partial charge is 0.323 e. The largest absolute Gasteiger partial charge is 0.325 e. The summed E-state index contributed by atoms with van der Waals surface area (Å²) in [5.74, 6) is -0.743. The number of nitriles is 1. The second kappa shape index (κ2) is 8.46. The van der Waals surface area contributed by atoms with Gasteiger partial charge in [0.1, 0.15) is 12.1 Å². The number of urea groups is 1. The summed E-state index contributed by atoms with van der Waals surface area (Å²) in [6, 6.07) is 15.2. The Labute approximate surface area is 187 Å². The van der Waals surface area contributed by atoms with Gasteiger partial charge in [0.05, 0.1) is 12.5 Å². The summed E-state index contributed by atoms with van der Waals surface area (Å²) in [5, 5.41) is 11.9. The highest BCUT2D eigenvalue weighted by atomic mass is 16.2. The normalized spacial score (nSPS) is 19.5. The van der Waals surface area contributed by atoms with E-state index in [0.717, 1.165) is 21.6 Å². The van der Waals surface area contributed by atoms with Crippen LogP contribution in [0.4, 0.5) is 10.5 Å². The number of rotatable bonds is 5. The number of fused-ring (bicyclic) bond motifs is 1. The van der Waals surface area contributed by atoms with Gasteiger partial charge in [-0.25, -0.2) is 4.79 Å².